The molecular formula is C58H35N5. The smallest absolute Gasteiger partial charge is 0.159 e. The first kappa shape index (κ1) is 34.2. The van der Waals surface area contributed by atoms with E-state index >= 15 is 0 Å². The number of rotatable bonds is 4. The van der Waals surface area contributed by atoms with Crippen LogP contribution >= 0.6 is 0 Å². The molecule has 5 aromatic heterocycles. The third-order valence-electron chi connectivity index (χ3n) is 13.3. The molecule has 0 saturated heterocycles. The maximum atomic E-state index is 4.59. The van der Waals surface area contributed by atoms with Crippen molar-refractivity contribution in [2.75, 3.05) is 0 Å². The molecule has 0 radical (unpaired) electrons. The van der Waals surface area contributed by atoms with Gasteiger partial charge in [-0.05, 0) is 124 Å². The van der Waals surface area contributed by atoms with Crippen LogP contribution in [0.4, 0.5) is 0 Å². The Hall–Kier alpha value is -8.54. The van der Waals surface area contributed by atoms with Crippen LogP contribution in [-0.4, -0.2) is 23.7 Å². The van der Waals surface area contributed by atoms with Gasteiger partial charge in [0.15, 0.2) is 5.65 Å². The molecular weight excluding hydrogens is 767 g/mol. The number of nitrogens with zero attached hydrogens (tertiary/aromatic N) is 5. The maximum Gasteiger partial charge on any atom is 0.159 e. The minimum absolute atomic E-state index is 0.743. The fourth-order valence-corrected chi connectivity index (χ4v) is 10.5. The Bertz CT molecular complexity index is 4010. The molecule has 0 spiro atoms. The van der Waals surface area contributed by atoms with Gasteiger partial charge in [-0.25, -0.2) is 9.97 Å². The van der Waals surface area contributed by atoms with Gasteiger partial charge in [0.25, 0.3) is 0 Å². The highest BCUT2D eigenvalue weighted by Crippen LogP contribution is 2.44. The van der Waals surface area contributed by atoms with E-state index in [0.717, 1.165) is 50.3 Å². The second kappa shape index (κ2) is 13.0. The van der Waals surface area contributed by atoms with E-state index in [9.17, 15) is 0 Å². The largest absolute Gasteiger partial charge is 0.309 e. The first-order valence-corrected chi connectivity index (χ1v) is 21.5. The molecule has 0 unspecified atom stereocenters. The van der Waals surface area contributed by atoms with E-state index in [1.807, 2.05) is 18.5 Å². The Balaban J connectivity index is 1.12. The molecule has 14 aromatic rings. The Morgan fingerprint density at radius 3 is 1.32 bits per heavy atom. The SMILES string of the molecule is c1cc(-c2ccnc3ncccc23)cc(-n2c3cc4c5ccccc5n(-c5ccc6ccccc6c5)c4cc3c3cc4c(cc32)c2ccccc2n4-c2ccc3ccccc3c2)c1. The van der Waals surface area contributed by atoms with Gasteiger partial charge in [0.1, 0.15) is 0 Å². The van der Waals surface area contributed by atoms with Crippen molar-refractivity contribution in [3.63, 3.8) is 0 Å². The van der Waals surface area contributed by atoms with Gasteiger partial charge in [0.05, 0.1) is 33.1 Å². The summed E-state index contributed by atoms with van der Waals surface area (Å²) in [7, 11) is 0. The second-order valence-electron chi connectivity index (χ2n) is 16.7. The lowest BCUT2D eigenvalue weighted by molar-refractivity contribution is 1.17. The summed E-state index contributed by atoms with van der Waals surface area (Å²) in [6, 6.07) is 73.5. The van der Waals surface area contributed by atoms with E-state index in [2.05, 4.69) is 218 Å². The van der Waals surface area contributed by atoms with Crippen LogP contribution in [0.2, 0.25) is 0 Å². The van der Waals surface area contributed by atoms with Crippen LogP contribution in [0, 0.1) is 0 Å². The summed E-state index contributed by atoms with van der Waals surface area (Å²) in [4.78, 5) is 9.17. The molecule has 0 fully saturated rings. The van der Waals surface area contributed by atoms with E-state index in [1.54, 1.807) is 0 Å². The number of hydrogen-bond donors (Lipinski definition) is 0. The minimum Gasteiger partial charge on any atom is -0.309 e. The quantitative estimate of drug-likeness (QED) is 0.178. The number of benzene rings is 9. The number of para-hydroxylation sites is 2. The molecule has 9 aromatic carbocycles. The lowest BCUT2D eigenvalue weighted by Gasteiger charge is -2.12. The molecule has 0 N–H and O–H groups in total. The first-order chi connectivity index (χ1) is 31.2. The summed E-state index contributed by atoms with van der Waals surface area (Å²) in [5.41, 5.74) is 13.4. The highest BCUT2D eigenvalue weighted by atomic mass is 15.0. The normalized spacial score (nSPS) is 12.1. The second-order valence-corrected chi connectivity index (χ2v) is 16.7. The number of hydrogen-bond acceptors (Lipinski definition) is 2. The van der Waals surface area contributed by atoms with Gasteiger partial charge in [-0.3, -0.25) is 0 Å². The van der Waals surface area contributed by atoms with Gasteiger partial charge in [0.2, 0.25) is 0 Å². The van der Waals surface area contributed by atoms with E-state index < -0.39 is 0 Å². The molecule has 5 nitrogen and oxygen atoms in total. The predicted molar refractivity (Wildman–Crippen MR) is 263 cm³/mol. The fourth-order valence-electron chi connectivity index (χ4n) is 10.5. The molecule has 0 aliphatic rings. The fraction of sp³-hybridized carbons (Fsp3) is 0. The predicted octanol–water partition coefficient (Wildman–Crippen LogP) is 14.9. The Kier molecular flexibility index (Phi) is 7.05. The molecule has 0 amide bonds. The third kappa shape index (κ3) is 4.99. The monoisotopic (exact) mass is 801 g/mol. The van der Waals surface area contributed by atoms with Gasteiger partial charge in [-0.2, -0.15) is 0 Å². The highest BCUT2D eigenvalue weighted by molar-refractivity contribution is 6.23. The van der Waals surface area contributed by atoms with Crippen LogP contribution in [0.25, 0.3) is 126 Å². The van der Waals surface area contributed by atoms with Crippen LogP contribution < -0.4 is 0 Å². The van der Waals surface area contributed by atoms with Crippen molar-refractivity contribution < 1.29 is 0 Å². The van der Waals surface area contributed by atoms with Gasteiger partial charge in [0, 0.05) is 67.2 Å². The number of aromatic nitrogens is 5. The Labute approximate surface area is 360 Å². The maximum absolute atomic E-state index is 4.59. The highest BCUT2D eigenvalue weighted by Gasteiger charge is 2.22. The number of pyridine rings is 2. The average molecular weight is 802 g/mol. The molecule has 0 aliphatic carbocycles. The summed E-state index contributed by atoms with van der Waals surface area (Å²) in [5.74, 6) is 0. The van der Waals surface area contributed by atoms with Crippen molar-refractivity contribution in [1.82, 2.24) is 23.7 Å². The van der Waals surface area contributed by atoms with Crippen molar-refractivity contribution in [2.24, 2.45) is 0 Å². The lowest BCUT2D eigenvalue weighted by Crippen LogP contribution is -1.96. The van der Waals surface area contributed by atoms with Crippen LogP contribution in [0.1, 0.15) is 0 Å². The van der Waals surface area contributed by atoms with E-state index in [0.29, 0.717) is 0 Å². The average Bonchev–Trinajstić information content (AvgIpc) is 3.96. The minimum atomic E-state index is 0.743. The Morgan fingerprint density at radius 1 is 0.270 bits per heavy atom. The summed E-state index contributed by atoms with van der Waals surface area (Å²) in [5, 5.41) is 13.2. The van der Waals surface area contributed by atoms with Crippen molar-refractivity contribution in [1.29, 1.82) is 0 Å². The molecule has 0 saturated carbocycles. The molecule has 14 rings (SSSR count). The van der Waals surface area contributed by atoms with Gasteiger partial charge >= 0.3 is 0 Å². The van der Waals surface area contributed by atoms with Crippen molar-refractivity contribution in [2.45, 2.75) is 0 Å². The molecule has 5 heteroatoms. The summed E-state index contributed by atoms with van der Waals surface area (Å²) in [6.07, 6.45) is 3.67. The summed E-state index contributed by atoms with van der Waals surface area (Å²) >= 11 is 0. The molecule has 292 valence electrons. The van der Waals surface area contributed by atoms with Gasteiger partial charge in [-0.1, -0.05) is 109 Å². The van der Waals surface area contributed by atoms with Crippen LogP contribution in [-0.2, 0) is 0 Å². The number of fused-ring (bicyclic) bond motifs is 12. The van der Waals surface area contributed by atoms with E-state index in [4.69, 9.17) is 0 Å². The van der Waals surface area contributed by atoms with Crippen LogP contribution in [0.5, 0.6) is 0 Å². The van der Waals surface area contributed by atoms with E-state index in [1.165, 1.54) is 75.9 Å². The first-order valence-electron chi connectivity index (χ1n) is 21.5. The summed E-state index contributed by atoms with van der Waals surface area (Å²) < 4.78 is 7.39. The molecule has 63 heavy (non-hydrogen) atoms. The molecule has 0 atom stereocenters. The zero-order valence-corrected chi connectivity index (χ0v) is 33.9. The zero-order chi connectivity index (χ0) is 41.2. The zero-order valence-electron chi connectivity index (χ0n) is 33.9. The van der Waals surface area contributed by atoms with Gasteiger partial charge < -0.3 is 13.7 Å². The Morgan fingerprint density at radius 2 is 0.730 bits per heavy atom. The van der Waals surface area contributed by atoms with Crippen molar-refractivity contribution in [3.05, 3.63) is 213 Å². The van der Waals surface area contributed by atoms with Crippen LogP contribution in [0.3, 0.4) is 0 Å². The third-order valence-corrected chi connectivity index (χ3v) is 13.3. The summed E-state index contributed by atoms with van der Waals surface area (Å²) in [6.45, 7) is 0. The van der Waals surface area contributed by atoms with E-state index in [-0.39, 0.29) is 0 Å². The van der Waals surface area contributed by atoms with Crippen LogP contribution in [0.15, 0.2) is 213 Å². The topological polar surface area (TPSA) is 40.6 Å². The van der Waals surface area contributed by atoms with Crippen molar-refractivity contribution >= 4 is 98.0 Å². The lowest BCUT2D eigenvalue weighted by atomic mass is 10.0. The molecule has 5 heterocycles. The standard InChI is InChI=1S/C58H35N5/c1-3-13-38-29-42(24-22-36(38)11-1)61-52-20-7-5-17-45(52)48-32-56-50(34-54(48)61)51-35-55-49(46-18-6-8-21-53(46)62(55)43-25-23-37-12-2-4-14-39(37)30-43)33-57(51)63(56)41-16-9-15-40(31-41)44-26-28-60-58-47(44)19-10-27-59-58/h1-35H. The molecule has 0 aliphatic heterocycles. The molecule has 0 bridgehead atoms. The van der Waals surface area contributed by atoms with Crippen molar-refractivity contribution in [3.8, 4) is 28.2 Å². The van der Waals surface area contributed by atoms with Gasteiger partial charge in [-0.15, -0.1) is 0 Å².